The molecule has 4 nitrogen and oxygen atoms in total. The number of hydrogen-bond donors (Lipinski definition) is 0. The summed E-state index contributed by atoms with van der Waals surface area (Å²) in [5, 5.41) is 3.00. The van der Waals surface area contributed by atoms with Crippen molar-refractivity contribution in [1.29, 1.82) is 0 Å². The largest absolute Gasteiger partial charge is 0.311 e. The van der Waals surface area contributed by atoms with E-state index in [2.05, 4.69) is 257 Å². The Balaban J connectivity index is 1.17. The number of hydrogen-bond acceptors (Lipinski definition) is 5. The number of fused-ring (bicyclic) bond motifs is 1. The van der Waals surface area contributed by atoms with Crippen LogP contribution in [-0.2, 0) is 0 Å². The minimum atomic E-state index is -2.13. The predicted molar refractivity (Wildman–Crippen MR) is 278 cm³/mol. The zero-order valence-corrected chi connectivity index (χ0v) is 42.2. The van der Waals surface area contributed by atoms with Crippen molar-refractivity contribution in [2.75, 3.05) is 9.80 Å². The highest BCUT2D eigenvalue weighted by atomic mass is 32.1. The summed E-state index contributed by atoms with van der Waals surface area (Å²) in [5.74, 6) is 0. The zero-order valence-electron chi connectivity index (χ0n) is 37.4. The third-order valence-corrected chi connectivity index (χ3v) is 54.0. The molecule has 308 valence electrons. The van der Waals surface area contributed by atoms with E-state index < -0.39 is 30.4 Å². The van der Waals surface area contributed by atoms with Crippen molar-refractivity contribution in [3.05, 3.63) is 181 Å². The monoisotopic (exact) mass is 882 g/mol. The number of para-hydroxylation sites is 4. The summed E-state index contributed by atoms with van der Waals surface area (Å²) in [5.41, 5.74) is 11.4. The fourth-order valence-electron chi connectivity index (χ4n) is 8.51. The van der Waals surface area contributed by atoms with Gasteiger partial charge in [-0.3, -0.25) is 0 Å². The fraction of sp³-hybridized carbons (Fsp3) is 0.192. The molecule has 0 amide bonds. The van der Waals surface area contributed by atoms with Gasteiger partial charge in [0, 0.05) is 43.1 Å². The van der Waals surface area contributed by atoms with Gasteiger partial charge >= 0.3 is 0 Å². The summed E-state index contributed by atoms with van der Waals surface area (Å²) in [4.78, 5) is 15.6. The van der Waals surface area contributed by atoms with Crippen LogP contribution in [0.2, 0.25) is 52.4 Å². The van der Waals surface area contributed by atoms with E-state index in [9.17, 15) is 0 Å². The van der Waals surface area contributed by atoms with Gasteiger partial charge in [-0.05, 0) is 86.6 Å². The lowest BCUT2D eigenvalue weighted by Crippen LogP contribution is -2.69. The van der Waals surface area contributed by atoms with E-state index in [4.69, 9.17) is 9.97 Å². The van der Waals surface area contributed by atoms with E-state index in [1.807, 2.05) is 0 Å². The van der Waals surface area contributed by atoms with Gasteiger partial charge in [0.05, 0.1) is 52.8 Å². The van der Waals surface area contributed by atoms with Crippen LogP contribution in [0.4, 0.5) is 34.1 Å². The van der Waals surface area contributed by atoms with Gasteiger partial charge in [0.15, 0.2) is 0 Å². The Morgan fingerprint density at radius 1 is 0.328 bits per heavy atom. The van der Waals surface area contributed by atoms with Crippen LogP contribution in [0.15, 0.2) is 170 Å². The van der Waals surface area contributed by atoms with E-state index >= 15 is 0 Å². The number of anilines is 6. The number of aryl methyl sites for hydroxylation is 2. The van der Waals surface area contributed by atoms with Crippen LogP contribution in [-0.4, -0.2) is 40.3 Å². The lowest BCUT2D eigenvalue weighted by molar-refractivity contribution is 1.11. The maximum Gasteiger partial charge on any atom is 0.0982 e. The normalized spacial score (nSPS) is 12.4. The first-order chi connectivity index (χ1) is 29.1. The van der Waals surface area contributed by atoms with Crippen molar-refractivity contribution < 1.29 is 0 Å². The molecule has 6 aromatic carbocycles. The van der Waals surface area contributed by atoms with Crippen LogP contribution in [0.25, 0.3) is 11.0 Å². The molecule has 0 unspecified atom stereocenters. The Hall–Kier alpha value is -5.17. The molecule has 0 aliphatic rings. The summed E-state index contributed by atoms with van der Waals surface area (Å²) in [6, 6.07) is 61.9. The van der Waals surface area contributed by atoms with Gasteiger partial charge in [-0.25, -0.2) is 9.97 Å². The van der Waals surface area contributed by atoms with Crippen molar-refractivity contribution in [2.45, 2.75) is 66.2 Å². The van der Waals surface area contributed by atoms with E-state index in [1.165, 1.54) is 41.8 Å². The van der Waals surface area contributed by atoms with Gasteiger partial charge < -0.3 is 9.80 Å². The molecule has 9 heteroatoms. The van der Waals surface area contributed by atoms with Crippen molar-refractivity contribution in [3.63, 3.8) is 0 Å². The third kappa shape index (κ3) is 7.72. The molecule has 8 aromatic rings. The smallest absolute Gasteiger partial charge is 0.0982 e. The van der Waals surface area contributed by atoms with E-state index in [0.717, 1.165) is 34.1 Å². The molecular weight excluding hydrogens is 825 g/mol. The van der Waals surface area contributed by atoms with Gasteiger partial charge in [0.25, 0.3) is 0 Å². The number of benzene rings is 6. The second-order valence-corrected chi connectivity index (χ2v) is 50.4. The first-order valence-electron chi connectivity index (χ1n) is 21.4. The molecule has 0 atom stereocenters. The molecule has 2 heterocycles. The average molecular weight is 883 g/mol. The first kappa shape index (κ1) is 42.5. The van der Waals surface area contributed by atoms with Crippen LogP contribution in [0, 0.1) is 13.8 Å². The van der Waals surface area contributed by atoms with Gasteiger partial charge in [-0.1, -0.05) is 160 Å². The molecule has 0 aliphatic carbocycles. The Morgan fingerprint density at radius 3 is 0.836 bits per heavy atom. The second-order valence-electron chi connectivity index (χ2n) is 18.5. The molecule has 0 spiro atoms. The SMILES string of the molecule is Cc1nc2c([Si](C)(C)[Si](C)(C)c3ccc(N(c4ccccc4)c4ccccc4)cc3)sc([Si](C)(C)[Si](C)(C)c3ccc(N(c4ccccc4)c4ccccc4)cc3)c2nc1C. The van der Waals surface area contributed by atoms with Gasteiger partial charge in [-0.2, -0.15) is 11.3 Å². The Morgan fingerprint density at radius 2 is 0.574 bits per heavy atom. The topological polar surface area (TPSA) is 32.3 Å². The maximum atomic E-state index is 5.46. The van der Waals surface area contributed by atoms with E-state index in [0.29, 0.717) is 0 Å². The van der Waals surface area contributed by atoms with E-state index in [-0.39, 0.29) is 0 Å². The molecule has 0 saturated carbocycles. The maximum absolute atomic E-state index is 5.46. The van der Waals surface area contributed by atoms with Gasteiger partial charge in [0.1, 0.15) is 0 Å². The standard InChI is InChI=1S/C52H58N4SSi4/c1-39-40(2)54-50-49(53-39)51(60(7,8)58(3,4)47-35-31-45(32-36-47)55(41-23-15-11-16-24-41)42-25-17-12-18-26-42)57-52(50)61(9,10)59(5,6)48-37-33-46(34-38-48)56(43-27-19-13-20-28-43)44-29-21-14-22-30-44/h11-38H,1-10H3. The van der Waals surface area contributed by atoms with E-state index in [1.54, 1.807) is 0 Å². The summed E-state index contributed by atoms with van der Waals surface area (Å²) in [7, 11) is -8.38. The highest BCUT2D eigenvalue weighted by molar-refractivity contribution is 7.61. The lowest BCUT2D eigenvalue weighted by atomic mass is 10.2. The average Bonchev–Trinajstić information content (AvgIpc) is 3.65. The van der Waals surface area contributed by atoms with Crippen LogP contribution >= 0.6 is 11.3 Å². The number of nitrogens with zero attached hydrogens (tertiary/aromatic N) is 4. The number of aromatic nitrogens is 2. The van der Waals surface area contributed by atoms with Crippen molar-refractivity contribution >= 4 is 106 Å². The Labute approximate surface area is 371 Å². The quantitative estimate of drug-likeness (QED) is 0.114. The summed E-state index contributed by atoms with van der Waals surface area (Å²) >= 11 is 2.10. The molecule has 0 saturated heterocycles. The molecule has 0 bridgehead atoms. The highest BCUT2D eigenvalue weighted by Gasteiger charge is 2.50. The highest BCUT2D eigenvalue weighted by Crippen LogP contribution is 2.37. The molecule has 0 N–H and O–H groups in total. The van der Waals surface area contributed by atoms with Crippen LogP contribution in [0.3, 0.4) is 0 Å². The summed E-state index contributed by atoms with van der Waals surface area (Å²) < 4.78 is 3.07. The van der Waals surface area contributed by atoms with Crippen molar-refractivity contribution in [1.82, 2.24) is 9.97 Å². The third-order valence-electron chi connectivity index (χ3n) is 14.0. The molecule has 0 fully saturated rings. The van der Waals surface area contributed by atoms with Crippen molar-refractivity contribution in [3.8, 4) is 0 Å². The second kappa shape index (κ2) is 16.6. The first-order valence-corrected chi connectivity index (χ1v) is 36.2. The van der Waals surface area contributed by atoms with Crippen LogP contribution < -0.4 is 29.2 Å². The predicted octanol–water partition coefficient (Wildman–Crippen LogP) is 12.5. The molecular formula is C52H58N4SSi4. The summed E-state index contributed by atoms with van der Waals surface area (Å²) in [6.45, 7) is 25.2. The van der Waals surface area contributed by atoms with Crippen LogP contribution in [0.5, 0.6) is 0 Å². The molecule has 8 rings (SSSR count). The van der Waals surface area contributed by atoms with Gasteiger partial charge in [-0.15, -0.1) is 0 Å². The fourth-order valence-corrected chi connectivity index (χ4v) is 33.2. The lowest BCUT2D eigenvalue weighted by Gasteiger charge is -2.39. The Bertz CT molecular complexity index is 2490. The minimum absolute atomic E-state index is 1.04. The molecule has 0 radical (unpaired) electrons. The minimum Gasteiger partial charge on any atom is -0.311 e. The van der Waals surface area contributed by atoms with Crippen molar-refractivity contribution in [2.24, 2.45) is 0 Å². The number of rotatable bonds is 12. The van der Waals surface area contributed by atoms with Crippen LogP contribution in [0.1, 0.15) is 11.4 Å². The number of thiophene rings is 1. The molecule has 2 aromatic heterocycles. The molecule has 61 heavy (non-hydrogen) atoms. The van der Waals surface area contributed by atoms with Gasteiger partial charge in [0.2, 0.25) is 0 Å². The zero-order chi connectivity index (χ0) is 43.2. The molecule has 0 aliphatic heterocycles. The Kier molecular flexibility index (Phi) is 11.6. The summed E-state index contributed by atoms with van der Waals surface area (Å²) in [6.07, 6.45) is 0.